The second kappa shape index (κ2) is 6.10. The molecule has 2 N–H and O–H groups in total. The molecule has 0 bridgehead atoms. The van der Waals surface area contributed by atoms with Crippen LogP contribution in [-0.2, 0) is 0 Å². The zero-order valence-corrected chi connectivity index (χ0v) is 11.7. The van der Waals surface area contributed by atoms with E-state index < -0.39 is 0 Å². The molecule has 2 aromatic carbocycles. The SMILES string of the molecule is NCCC1CCCOc2ccc(-c3ccccc3)cc21. The Kier molecular flexibility index (Phi) is 4.03. The van der Waals surface area contributed by atoms with Gasteiger partial charge in [0.25, 0.3) is 0 Å². The lowest BCUT2D eigenvalue weighted by Gasteiger charge is -2.17. The van der Waals surface area contributed by atoms with Gasteiger partial charge in [0, 0.05) is 0 Å². The second-order valence-corrected chi connectivity index (χ2v) is 5.38. The first-order valence-electron chi connectivity index (χ1n) is 7.40. The summed E-state index contributed by atoms with van der Waals surface area (Å²) in [5, 5.41) is 0. The molecule has 0 aromatic heterocycles. The van der Waals surface area contributed by atoms with Crippen molar-refractivity contribution >= 4 is 0 Å². The molecule has 2 aromatic rings. The van der Waals surface area contributed by atoms with Gasteiger partial charge >= 0.3 is 0 Å². The van der Waals surface area contributed by atoms with E-state index in [4.69, 9.17) is 10.5 Å². The van der Waals surface area contributed by atoms with Crippen molar-refractivity contribution in [2.24, 2.45) is 5.73 Å². The van der Waals surface area contributed by atoms with Crippen LogP contribution in [0.15, 0.2) is 48.5 Å². The van der Waals surface area contributed by atoms with E-state index in [0.29, 0.717) is 5.92 Å². The fourth-order valence-corrected chi connectivity index (χ4v) is 2.98. The Morgan fingerprint density at radius 3 is 2.70 bits per heavy atom. The van der Waals surface area contributed by atoms with Crippen LogP contribution in [0.3, 0.4) is 0 Å². The summed E-state index contributed by atoms with van der Waals surface area (Å²) in [7, 11) is 0. The lowest BCUT2D eigenvalue weighted by atomic mass is 9.89. The van der Waals surface area contributed by atoms with Crippen molar-refractivity contribution in [2.45, 2.75) is 25.2 Å². The minimum Gasteiger partial charge on any atom is -0.493 e. The summed E-state index contributed by atoms with van der Waals surface area (Å²) in [6.07, 6.45) is 3.32. The van der Waals surface area contributed by atoms with E-state index in [2.05, 4.69) is 42.5 Å². The molecular weight excluding hydrogens is 246 g/mol. The van der Waals surface area contributed by atoms with Crippen molar-refractivity contribution in [3.8, 4) is 16.9 Å². The van der Waals surface area contributed by atoms with E-state index >= 15 is 0 Å². The van der Waals surface area contributed by atoms with Crippen LogP contribution in [0.2, 0.25) is 0 Å². The number of hydrogen-bond donors (Lipinski definition) is 1. The fraction of sp³-hybridized carbons (Fsp3) is 0.333. The Balaban J connectivity index is 2.01. The smallest absolute Gasteiger partial charge is 0.122 e. The lowest BCUT2D eigenvalue weighted by molar-refractivity contribution is 0.316. The molecule has 2 heteroatoms. The van der Waals surface area contributed by atoms with Crippen molar-refractivity contribution < 1.29 is 4.74 Å². The van der Waals surface area contributed by atoms with Gasteiger partial charge in [-0.15, -0.1) is 0 Å². The maximum Gasteiger partial charge on any atom is 0.122 e. The van der Waals surface area contributed by atoms with E-state index in [9.17, 15) is 0 Å². The van der Waals surface area contributed by atoms with Gasteiger partial charge in [-0.1, -0.05) is 36.4 Å². The average Bonchev–Trinajstić information content (AvgIpc) is 2.71. The zero-order chi connectivity index (χ0) is 13.8. The summed E-state index contributed by atoms with van der Waals surface area (Å²) in [4.78, 5) is 0. The molecule has 104 valence electrons. The molecule has 0 radical (unpaired) electrons. The number of nitrogens with two attached hydrogens (primary N) is 1. The molecule has 2 nitrogen and oxygen atoms in total. The first-order valence-corrected chi connectivity index (χ1v) is 7.40. The Morgan fingerprint density at radius 1 is 1.05 bits per heavy atom. The minimum atomic E-state index is 0.529. The van der Waals surface area contributed by atoms with Gasteiger partial charge in [-0.3, -0.25) is 0 Å². The van der Waals surface area contributed by atoms with E-state index in [1.54, 1.807) is 0 Å². The number of ether oxygens (including phenoxy) is 1. The molecule has 1 atom stereocenters. The molecule has 1 aliphatic heterocycles. The van der Waals surface area contributed by atoms with Gasteiger partial charge in [0.1, 0.15) is 5.75 Å². The van der Waals surface area contributed by atoms with Gasteiger partial charge in [0.2, 0.25) is 0 Å². The van der Waals surface area contributed by atoms with Crippen LogP contribution in [0.25, 0.3) is 11.1 Å². The third-order valence-electron chi connectivity index (χ3n) is 4.03. The van der Waals surface area contributed by atoms with Gasteiger partial charge in [-0.05, 0) is 60.5 Å². The predicted octanol–water partition coefficient (Wildman–Crippen LogP) is 3.96. The molecular formula is C18H21NO. The molecule has 0 fully saturated rings. The molecule has 0 saturated carbocycles. The number of rotatable bonds is 3. The molecule has 0 amide bonds. The van der Waals surface area contributed by atoms with E-state index in [1.807, 2.05) is 6.07 Å². The Bertz CT molecular complexity index is 565. The highest BCUT2D eigenvalue weighted by molar-refractivity contribution is 5.66. The van der Waals surface area contributed by atoms with Gasteiger partial charge < -0.3 is 10.5 Å². The summed E-state index contributed by atoms with van der Waals surface area (Å²) < 4.78 is 5.88. The molecule has 1 heterocycles. The second-order valence-electron chi connectivity index (χ2n) is 5.38. The van der Waals surface area contributed by atoms with Crippen LogP contribution in [0.1, 0.15) is 30.7 Å². The molecule has 0 spiro atoms. The first kappa shape index (κ1) is 13.2. The van der Waals surface area contributed by atoms with Gasteiger partial charge in [0.15, 0.2) is 0 Å². The van der Waals surface area contributed by atoms with Crippen LogP contribution < -0.4 is 10.5 Å². The number of fused-ring (bicyclic) bond motifs is 1. The molecule has 1 aliphatic rings. The van der Waals surface area contributed by atoms with Crippen LogP contribution in [0.5, 0.6) is 5.75 Å². The summed E-state index contributed by atoms with van der Waals surface area (Å²) >= 11 is 0. The maximum absolute atomic E-state index is 5.88. The van der Waals surface area contributed by atoms with Crippen molar-refractivity contribution in [3.05, 3.63) is 54.1 Å². The Hall–Kier alpha value is -1.80. The summed E-state index contributed by atoms with van der Waals surface area (Å²) in [5.74, 6) is 1.57. The zero-order valence-electron chi connectivity index (χ0n) is 11.7. The highest BCUT2D eigenvalue weighted by atomic mass is 16.5. The van der Waals surface area contributed by atoms with Gasteiger partial charge in [0.05, 0.1) is 6.61 Å². The quantitative estimate of drug-likeness (QED) is 0.913. The monoisotopic (exact) mass is 267 g/mol. The average molecular weight is 267 g/mol. The van der Waals surface area contributed by atoms with Crippen molar-refractivity contribution in [3.63, 3.8) is 0 Å². The van der Waals surface area contributed by atoms with Crippen molar-refractivity contribution in [1.29, 1.82) is 0 Å². The molecule has 0 aliphatic carbocycles. The highest BCUT2D eigenvalue weighted by Crippen LogP contribution is 2.37. The van der Waals surface area contributed by atoms with Crippen LogP contribution >= 0.6 is 0 Å². The van der Waals surface area contributed by atoms with Crippen molar-refractivity contribution in [2.75, 3.05) is 13.2 Å². The summed E-state index contributed by atoms with van der Waals surface area (Å²) in [5.41, 5.74) is 9.62. The Labute approximate surface area is 120 Å². The fourth-order valence-electron chi connectivity index (χ4n) is 2.98. The normalized spacial score (nSPS) is 17.9. The van der Waals surface area contributed by atoms with Gasteiger partial charge in [-0.25, -0.2) is 0 Å². The highest BCUT2D eigenvalue weighted by Gasteiger charge is 2.19. The van der Waals surface area contributed by atoms with E-state index in [0.717, 1.165) is 31.7 Å². The predicted molar refractivity (Wildman–Crippen MR) is 83.0 cm³/mol. The first-order chi connectivity index (χ1) is 9.88. The van der Waals surface area contributed by atoms with E-state index in [1.165, 1.54) is 23.1 Å². The topological polar surface area (TPSA) is 35.2 Å². The standard InChI is InChI=1S/C18H21NO/c19-11-10-15-7-4-12-20-18-9-8-16(13-17(15)18)14-5-2-1-3-6-14/h1-3,5-6,8-9,13,15H,4,7,10-12,19H2. The molecule has 1 unspecified atom stereocenters. The lowest BCUT2D eigenvalue weighted by Crippen LogP contribution is -2.07. The van der Waals surface area contributed by atoms with Crippen LogP contribution in [0.4, 0.5) is 0 Å². The minimum absolute atomic E-state index is 0.529. The third kappa shape index (κ3) is 2.70. The van der Waals surface area contributed by atoms with Crippen LogP contribution in [0, 0.1) is 0 Å². The van der Waals surface area contributed by atoms with Crippen LogP contribution in [-0.4, -0.2) is 13.2 Å². The maximum atomic E-state index is 5.88. The van der Waals surface area contributed by atoms with Crippen molar-refractivity contribution in [1.82, 2.24) is 0 Å². The summed E-state index contributed by atoms with van der Waals surface area (Å²) in [6.45, 7) is 1.55. The molecule has 20 heavy (non-hydrogen) atoms. The summed E-state index contributed by atoms with van der Waals surface area (Å²) in [6, 6.07) is 17.1. The Morgan fingerprint density at radius 2 is 1.90 bits per heavy atom. The number of benzene rings is 2. The largest absolute Gasteiger partial charge is 0.493 e. The van der Waals surface area contributed by atoms with Gasteiger partial charge in [-0.2, -0.15) is 0 Å². The number of hydrogen-bond acceptors (Lipinski definition) is 2. The van der Waals surface area contributed by atoms with E-state index in [-0.39, 0.29) is 0 Å². The molecule has 3 rings (SSSR count). The third-order valence-corrected chi connectivity index (χ3v) is 4.03. The molecule has 0 saturated heterocycles.